The maximum Gasteiger partial charge on any atom is 0.336 e. The number of dihydropyridines is 1. The average molecular weight is 554 g/mol. The highest BCUT2D eigenvalue weighted by atomic mass is 35.5. The lowest BCUT2D eigenvalue weighted by Crippen LogP contribution is -2.58. The van der Waals surface area contributed by atoms with Crippen molar-refractivity contribution in [2.24, 2.45) is 5.92 Å². The molecule has 9 nitrogen and oxygen atoms in total. The summed E-state index contributed by atoms with van der Waals surface area (Å²) in [4.78, 5) is 41.9. The van der Waals surface area contributed by atoms with Crippen LogP contribution in [0.3, 0.4) is 0 Å². The molecule has 3 aliphatic rings. The molecule has 1 spiro atoms. The molecule has 0 unspecified atom stereocenters. The Bertz CT molecular complexity index is 1480. The summed E-state index contributed by atoms with van der Waals surface area (Å²) in [6.07, 6.45) is 0.302. The van der Waals surface area contributed by atoms with E-state index >= 15 is 0 Å². The number of halogens is 1. The second-order valence-electron chi connectivity index (χ2n) is 9.65. The van der Waals surface area contributed by atoms with Gasteiger partial charge in [0, 0.05) is 34.9 Å². The Hall–Kier alpha value is -3.98. The third-order valence-corrected chi connectivity index (χ3v) is 8.06. The standard InChI is InChI=1S/C29H28ClNO8/c1-13-11-17-22(21(15-7-9-16(35-3)10-8-15)20(14(2)31-17)28(34)38-6)26(32)29(13)27(33)23-18(36-4)12-19(37-5)24(30)25(23)39-29/h7-10,12-13,21,31H,11H2,1-6H3/t13-,21+,29+/m1/s1. The maximum atomic E-state index is 14.7. The van der Waals surface area contributed by atoms with Crippen LogP contribution in [0.25, 0.3) is 0 Å². The summed E-state index contributed by atoms with van der Waals surface area (Å²) < 4.78 is 27.5. The zero-order valence-corrected chi connectivity index (χ0v) is 23.1. The Labute approximate surface area is 230 Å². The van der Waals surface area contributed by atoms with Crippen molar-refractivity contribution >= 4 is 29.1 Å². The van der Waals surface area contributed by atoms with E-state index in [1.165, 1.54) is 27.4 Å². The van der Waals surface area contributed by atoms with Crippen LogP contribution in [-0.2, 0) is 14.3 Å². The molecule has 39 heavy (non-hydrogen) atoms. The largest absolute Gasteiger partial charge is 0.497 e. The molecular weight excluding hydrogens is 526 g/mol. The van der Waals surface area contributed by atoms with Gasteiger partial charge in [0.1, 0.15) is 27.8 Å². The number of ketones is 2. The minimum absolute atomic E-state index is 0.0341. The number of methoxy groups -OCH3 is 4. The third kappa shape index (κ3) is 3.71. The first-order valence-corrected chi connectivity index (χ1v) is 12.7. The monoisotopic (exact) mass is 553 g/mol. The van der Waals surface area contributed by atoms with Gasteiger partial charge in [-0.25, -0.2) is 4.79 Å². The van der Waals surface area contributed by atoms with E-state index in [1.54, 1.807) is 45.2 Å². The molecular formula is C29H28ClNO8. The molecule has 2 aromatic rings. The number of allylic oxidation sites excluding steroid dienone is 2. The highest BCUT2D eigenvalue weighted by molar-refractivity contribution is 6.36. The molecule has 2 heterocycles. The number of hydrogen-bond acceptors (Lipinski definition) is 9. The van der Waals surface area contributed by atoms with Crippen molar-refractivity contribution in [2.45, 2.75) is 31.8 Å². The molecule has 0 radical (unpaired) electrons. The van der Waals surface area contributed by atoms with E-state index < -0.39 is 35.0 Å². The lowest BCUT2D eigenvalue weighted by Gasteiger charge is -2.42. The van der Waals surface area contributed by atoms with Crippen molar-refractivity contribution in [3.8, 4) is 23.0 Å². The van der Waals surface area contributed by atoms with Gasteiger partial charge >= 0.3 is 5.97 Å². The maximum absolute atomic E-state index is 14.7. The van der Waals surface area contributed by atoms with Gasteiger partial charge < -0.3 is 29.0 Å². The van der Waals surface area contributed by atoms with E-state index in [1.807, 2.05) is 0 Å². The normalized spacial score (nSPS) is 23.7. The molecule has 1 aliphatic carbocycles. The number of nitrogens with one attached hydrogen (secondary N) is 1. The number of fused-ring (bicyclic) bond motifs is 1. The van der Waals surface area contributed by atoms with Gasteiger partial charge in [0.25, 0.3) is 0 Å². The van der Waals surface area contributed by atoms with Gasteiger partial charge in [0.15, 0.2) is 5.75 Å². The summed E-state index contributed by atoms with van der Waals surface area (Å²) in [5, 5.41) is 3.30. The number of ether oxygens (including phenoxy) is 5. The van der Waals surface area contributed by atoms with Crippen LogP contribution in [-0.4, -0.2) is 51.6 Å². The molecule has 0 amide bonds. The molecule has 0 bridgehead atoms. The Morgan fingerprint density at radius 3 is 2.28 bits per heavy atom. The fourth-order valence-corrected chi connectivity index (χ4v) is 6.05. The molecule has 2 aliphatic heterocycles. The fourth-order valence-electron chi connectivity index (χ4n) is 5.78. The molecule has 1 N–H and O–H groups in total. The summed E-state index contributed by atoms with van der Waals surface area (Å²) in [6.45, 7) is 3.54. The van der Waals surface area contributed by atoms with Crippen LogP contribution >= 0.6 is 11.6 Å². The van der Waals surface area contributed by atoms with Crippen molar-refractivity contribution in [3.05, 3.63) is 69.0 Å². The molecule has 5 rings (SSSR count). The second kappa shape index (κ2) is 9.64. The molecule has 0 fully saturated rings. The van der Waals surface area contributed by atoms with Crippen LogP contribution in [0.5, 0.6) is 23.0 Å². The van der Waals surface area contributed by atoms with Gasteiger partial charge in [0.05, 0.1) is 34.0 Å². The van der Waals surface area contributed by atoms with Crippen LogP contribution in [0.15, 0.2) is 52.9 Å². The van der Waals surface area contributed by atoms with Gasteiger partial charge in [-0.2, -0.15) is 0 Å². The number of carbonyl (C=O) groups excluding carboxylic acids is 3. The summed E-state index contributed by atoms with van der Waals surface area (Å²) in [6, 6.07) is 8.55. The molecule has 10 heteroatoms. The summed E-state index contributed by atoms with van der Waals surface area (Å²) in [5.74, 6) is -2.02. The smallest absolute Gasteiger partial charge is 0.336 e. The van der Waals surface area contributed by atoms with Crippen LogP contribution in [0.2, 0.25) is 5.02 Å². The Balaban J connectivity index is 1.71. The first kappa shape index (κ1) is 26.6. The molecule has 0 saturated heterocycles. The minimum Gasteiger partial charge on any atom is -0.497 e. The van der Waals surface area contributed by atoms with Gasteiger partial charge in [0.2, 0.25) is 17.2 Å². The topological polar surface area (TPSA) is 109 Å². The first-order chi connectivity index (χ1) is 18.6. The van der Waals surface area contributed by atoms with Gasteiger partial charge in [-0.05, 0) is 31.0 Å². The summed E-state index contributed by atoms with van der Waals surface area (Å²) in [7, 11) is 5.68. The van der Waals surface area contributed by atoms with Crippen molar-refractivity contribution in [1.82, 2.24) is 5.32 Å². The zero-order chi connectivity index (χ0) is 28.2. The highest BCUT2D eigenvalue weighted by Gasteiger charge is 2.63. The third-order valence-electron chi connectivity index (χ3n) is 7.70. The Kier molecular flexibility index (Phi) is 6.58. The van der Waals surface area contributed by atoms with Gasteiger partial charge in [-0.15, -0.1) is 0 Å². The van der Waals surface area contributed by atoms with Crippen LogP contribution in [0, 0.1) is 5.92 Å². The fraction of sp³-hybridized carbons (Fsp3) is 0.345. The quantitative estimate of drug-likeness (QED) is 0.426. The number of Topliss-reactive ketones (excluding diaryl/α,β-unsaturated/α-hetero) is 2. The average Bonchev–Trinajstić information content (AvgIpc) is 3.26. The van der Waals surface area contributed by atoms with Crippen LogP contribution in [0.1, 0.15) is 42.1 Å². The van der Waals surface area contributed by atoms with Crippen molar-refractivity contribution in [3.63, 3.8) is 0 Å². The minimum atomic E-state index is -1.91. The molecule has 3 atom stereocenters. The van der Waals surface area contributed by atoms with E-state index in [2.05, 4.69) is 5.32 Å². The highest BCUT2D eigenvalue weighted by Crippen LogP contribution is 2.56. The number of benzene rings is 2. The lowest BCUT2D eigenvalue weighted by molar-refractivity contribution is -0.136. The van der Waals surface area contributed by atoms with E-state index in [0.717, 1.165) is 0 Å². The van der Waals surface area contributed by atoms with Crippen LogP contribution < -0.4 is 24.3 Å². The summed E-state index contributed by atoms with van der Waals surface area (Å²) in [5.41, 5.74) is 0.525. The van der Waals surface area contributed by atoms with Crippen molar-refractivity contribution < 1.29 is 38.1 Å². The molecule has 2 aromatic carbocycles. The molecule has 0 aromatic heterocycles. The van der Waals surface area contributed by atoms with Gasteiger partial charge in [-0.1, -0.05) is 30.7 Å². The summed E-state index contributed by atoms with van der Waals surface area (Å²) >= 11 is 6.57. The van der Waals surface area contributed by atoms with Crippen molar-refractivity contribution in [1.29, 1.82) is 0 Å². The first-order valence-electron chi connectivity index (χ1n) is 12.3. The number of carbonyl (C=O) groups is 3. The molecule has 0 saturated carbocycles. The van der Waals surface area contributed by atoms with E-state index in [4.69, 9.17) is 35.3 Å². The lowest BCUT2D eigenvalue weighted by atomic mass is 9.65. The Morgan fingerprint density at radius 1 is 1.03 bits per heavy atom. The van der Waals surface area contributed by atoms with E-state index in [0.29, 0.717) is 29.1 Å². The van der Waals surface area contributed by atoms with E-state index in [9.17, 15) is 14.4 Å². The van der Waals surface area contributed by atoms with Crippen molar-refractivity contribution in [2.75, 3.05) is 28.4 Å². The number of rotatable bonds is 5. The van der Waals surface area contributed by atoms with E-state index in [-0.39, 0.29) is 39.0 Å². The predicted molar refractivity (Wildman–Crippen MR) is 142 cm³/mol. The predicted octanol–water partition coefficient (Wildman–Crippen LogP) is 4.38. The SMILES string of the molecule is COC(=O)C1=C(C)NC2=C(C(=O)[C@@]3(Oc4c(Cl)c(OC)cc(OC)c4C3=O)[C@H](C)C2)[C@H]1c1ccc(OC)cc1. The zero-order valence-electron chi connectivity index (χ0n) is 22.4. The van der Waals surface area contributed by atoms with Gasteiger partial charge in [-0.3, -0.25) is 9.59 Å². The Morgan fingerprint density at radius 2 is 1.69 bits per heavy atom. The number of hydrogen-bond donors (Lipinski definition) is 1. The number of esters is 1. The second-order valence-corrected chi connectivity index (χ2v) is 10.0. The van der Waals surface area contributed by atoms with Crippen LogP contribution in [0.4, 0.5) is 0 Å². The molecule has 204 valence electrons.